The summed E-state index contributed by atoms with van der Waals surface area (Å²) < 4.78 is 11.5. The number of fused-ring (bicyclic) bond motifs is 1. The van der Waals surface area contributed by atoms with Gasteiger partial charge in [0.05, 0.1) is 31.1 Å². The lowest BCUT2D eigenvalue weighted by Crippen LogP contribution is -2.34. The number of benzene rings is 1. The fraction of sp³-hybridized carbons (Fsp3) is 0.619. The van der Waals surface area contributed by atoms with Crippen molar-refractivity contribution in [2.24, 2.45) is 4.99 Å². The Bertz CT molecular complexity index is 716. The molecule has 2 N–H and O–H groups in total. The minimum Gasteiger partial charge on any atom is -0.490 e. The van der Waals surface area contributed by atoms with Crippen LogP contribution in [-0.4, -0.2) is 60.3 Å². The Labute approximate surface area is 172 Å². The third kappa shape index (κ3) is 6.13. The third-order valence-corrected chi connectivity index (χ3v) is 5.53. The van der Waals surface area contributed by atoms with Gasteiger partial charge >= 0.3 is 0 Å². The van der Waals surface area contributed by atoms with Crippen LogP contribution in [0.25, 0.3) is 0 Å². The zero-order valence-electron chi connectivity index (χ0n) is 17.2. The number of nitrogens with one attached hydrogen (secondary N) is 1. The van der Waals surface area contributed by atoms with E-state index in [0.29, 0.717) is 43.8 Å². The Morgan fingerprint density at radius 2 is 1.93 bits per heavy atom. The lowest BCUT2D eigenvalue weighted by Gasteiger charge is -2.23. The molecule has 28 heavy (non-hydrogen) atoms. The highest BCUT2D eigenvalue weighted by atomic mass is 32.2. The summed E-state index contributed by atoms with van der Waals surface area (Å²) in [6.07, 6.45) is 0.306. The fourth-order valence-corrected chi connectivity index (χ4v) is 3.97. The summed E-state index contributed by atoms with van der Waals surface area (Å²) in [7, 11) is 0. The zero-order valence-corrected chi connectivity index (χ0v) is 18.0. The first-order chi connectivity index (χ1) is 13.5. The molecule has 0 bridgehead atoms. The van der Waals surface area contributed by atoms with Gasteiger partial charge in [0.15, 0.2) is 11.5 Å². The second-order valence-corrected chi connectivity index (χ2v) is 8.04. The topological polar surface area (TPSA) is 86.9 Å². The Morgan fingerprint density at radius 3 is 2.54 bits per heavy atom. The van der Waals surface area contributed by atoms with Gasteiger partial charge in [-0.3, -0.25) is 4.99 Å². The molecule has 0 radical (unpaired) electrons. The molecule has 6 nitrogen and oxygen atoms in total. The first-order valence-electron chi connectivity index (χ1n) is 9.89. The normalized spacial score (nSPS) is 15.4. The monoisotopic (exact) mass is 405 g/mol. The lowest BCUT2D eigenvalue weighted by molar-refractivity contribution is 0.192. The predicted octanol–water partition coefficient (Wildman–Crippen LogP) is 2.81. The van der Waals surface area contributed by atoms with Crippen molar-refractivity contribution in [3.05, 3.63) is 23.3 Å². The molecule has 1 aliphatic rings. The van der Waals surface area contributed by atoms with Gasteiger partial charge in [0.2, 0.25) is 0 Å². The molecule has 7 heteroatoms. The molecule has 1 aromatic rings. The van der Waals surface area contributed by atoms with E-state index in [1.54, 1.807) is 0 Å². The molecule has 0 fully saturated rings. The Kier molecular flexibility index (Phi) is 9.10. The number of aliphatic imine (C=N–C) groups is 1. The van der Waals surface area contributed by atoms with Crippen molar-refractivity contribution >= 4 is 17.5 Å². The molecule has 2 atom stereocenters. The van der Waals surface area contributed by atoms with Gasteiger partial charge < -0.3 is 19.9 Å². The Morgan fingerprint density at radius 1 is 1.25 bits per heavy atom. The van der Waals surface area contributed by atoms with Crippen molar-refractivity contribution < 1.29 is 14.6 Å². The van der Waals surface area contributed by atoms with E-state index in [1.165, 1.54) is 11.8 Å². The van der Waals surface area contributed by atoms with E-state index in [9.17, 15) is 10.4 Å². The van der Waals surface area contributed by atoms with Crippen LogP contribution in [-0.2, 0) is 6.42 Å². The highest BCUT2D eigenvalue weighted by molar-refractivity contribution is 8.00. The van der Waals surface area contributed by atoms with Gasteiger partial charge in [-0.25, -0.2) is 0 Å². The standard InChI is InChI=1S/C21H31N3O3S/c1-5-26-18-9-15-7-8-23-21(17(15)10-19(18)27-6-2)20(11-22)28-13-16(25)12-24-14(3)4/h9-10,14,16,20,24-25H,5-8,12-13H2,1-4H3. The number of nitrogens with zero attached hydrogens (tertiary/aromatic N) is 2. The molecule has 1 heterocycles. The molecule has 0 saturated carbocycles. The molecule has 0 aliphatic carbocycles. The van der Waals surface area contributed by atoms with Gasteiger partial charge in [0, 0.05) is 30.4 Å². The summed E-state index contributed by atoms with van der Waals surface area (Å²) in [6.45, 7) is 10.2. The van der Waals surface area contributed by atoms with Crippen molar-refractivity contribution in [1.82, 2.24) is 5.32 Å². The van der Waals surface area contributed by atoms with Crippen LogP contribution in [0.1, 0.15) is 38.8 Å². The number of nitriles is 1. The number of rotatable bonds is 11. The van der Waals surface area contributed by atoms with Gasteiger partial charge in [0.1, 0.15) is 5.25 Å². The molecule has 0 aromatic heterocycles. The van der Waals surface area contributed by atoms with Crippen molar-refractivity contribution in [2.75, 3.05) is 32.1 Å². The maximum absolute atomic E-state index is 10.2. The summed E-state index contributed by atoms with van der Waals surface area (Å²) in [6, 6.07) is 6.63. The van der Waals surface area contributed by atoms with E-state index in [1.807, 2.05) is 39.8 Å². The SMILES string of the molecule is CCOc1cc2c(cc1OCC)C(C(C#N)SCC(O)CNC(C)C)=NCC2. The average molecular weight is 406 g/mol. The summed E-state index contributed by atoms with van der Waals surface area (Å²) in [5, 5.41) is 22.7. The second-order valence-electron chi connectivity index (χ2n) is 6.90. The van der Waals surface area contributed by atoms with Crippen LogP contribution in [0, 0.1) is 11.3 Å². The Balaban J connectivity index is 2.18. The molecule has 1 aromatic carbocycles. The smallest absolute Gasteiger partial charge is 0.161 e. The number of aliphatic hydroxyl groups excluding tert-OH is 1. The van der Waals surface area contributed by atoms with Gasteiger partial charge in [-0.15, -0.1) is 11.8 Å². The van der Waals surface area contributed by atoms with E-state index in [-0.39, 0.29) is 0 Å². The molecular formula is C21H31N3O3S. The number of hydrogen-bond donors (Lipinski definition) is 2. The minimum atomic E-state index is -0.508. The highest BCUT2D eigenvalue weighted by Gasteiger charge is 2.26. The summed E-state index contributed by atoms with van der Waals surface area (Å²) in [5.74, 6) is 1.89. The first kappa shape index (κ1) is 22.5. The summed E-state index contributed by atoms with van der Waals surface area (Å²) in [5.41, 5.74) is 2.84. The molecule has 1 aliphatic heterocycles. The molecule has 2 unspecified atom stereocenters. The quantitative estimate of drug-likeness (QED) is 0.589. The van der Waals surface area contributed by atoms with E-state index in [0.717, 1.165) is 29.0 Å². The number of ether oxygens (including phenoxy) is 2. The van der Waals surface area contributed by atoms with Gasteiger partial charge in [-0.05, 0) is 38.0 Å². The van der Waals surface area contributed by atoms with Gasteiger partial charge in [0.25, 0.3) is 0 Å². The van der Waals surface area contributed by atoms with Crippen LogP contribution in [0.5, 0.6) is 11.5 Å². The van der Waals surface area contributed by atoms with Gasteiger partial charge in [-0.1, -0.05) is 13.8 Å². The number of hydrogen-bond acceptors (Lipinski definition) is 7. The average Bonchev–Trinajstić information content (AvgIpc) is 2.68. The van der Waals surface area contributed by atoms with E-state index in [4.69, 9.17) is 9.47 Å². The molecule has 0 saturated heterocycles. The van der Waals surface area contributed by atoms with E-state index < -0.39 is 11.4 Å². The predicted molar refractivity (Wildman–Crippen MR) is 115 cm³/mol. The van der Waals surface area contributed by atoms with Crippen LogP contribution in [0.4, 0.5) is 0 Å². The van der Waals surface area contributed by atoms with Crippen LogP contribution in [0.2, 0.25) is 0 Å². The van der Waals surface area contributed by atoms with E-state index >= 15 is 0 Å². The fourth-order valence-electron chi connectivity index (χ4n) is 3.01. The molecule has 154 valence electrons. The lowest BCUT2D eigenvalue weighted by atomic mass is 9.95. The maximum atomic E-state index is 10.2. The van der Waals surface area contributed by atoms with Crippen LogP contribution < -0.4 is 14.8 Å². The zero-order chi connectivity index (χ0) is 20.5. The third-order valence-electron chi connectivity index (χ3n) is 4.29. The molecular weight excluding hydrogens is 374 g/mol. The maximum Gasteiger partial charge on any atom is 0.161 e. The number of thioether (sulfide) groups is 1. The van der Waals surface area contributed by atoms with E-state index in [2.05, 4.69) is 16.4 Å². The Hall–Kier alpha value is -1.75. The molecule has 2 rings (SSSR count). The molecule has 0 spiro atoms. The van der Waals surface area contributed by atoms with Crippen LogP contribution in [0.15, 0.2) is 17.1 Å². The first-order valence-corrected chi connectivity index (χ1v) is 10.9. The van der Waals surface area contributed by atoms with Crippen LogP contribution in [0.3, 0.4) is 0 Å². The van der Waals surface area contributed by atoms with Gasteiger partial charge in [-0.2, -0.15) is 5.26 Å². The summed E-state index contributed by atoms with van der Waals surface area (Å²) in [4.78, 5) is 4.65. The number of aliphatic hydroxyl groups is 1. The minimum absolute atomic E-state index is 0.317. The largest absolute Gasteiger partial charge is 0.490 e. The van der Waals surface area contributed by atoms with Crippen molar-refractivity contribution in [3.63, 3.8) is 0 Å². The van der Waals surface area contributed by atoms with Crippen LogP contribution >= 0.6 is 11.8 Å². The van der Waals surface area contributed by atoms with Crippen molar-refractivity contribution in [1.29, 1.82) is 5.26 Å². The molecule has 0 amide bonds. The second kappa shape index (κ2) is 11.3. The highest BCUT2D eigenvalue weighted by Crippen LogP contribution is 2.35. The van der Waals surface area contributed by atoms with Crippen molar-refractivity contribution in [3.8, 4) is 17.6 Å². The van der Waals surface area contributed by atoms with Crippen molar-refractivity contribution in [2.45, 2.75) is 51.5 Å². The summed E-state index contributed by atoms with van der Waals surface area (Å²) >= 11 is 1.43.